The molecule has 0 bridgehead atoms. The third-order valence-corrected chi connectivity index (χ3v) is 9.57. The van der Waals surface area contributed by atoms with Crippen LogP contribution in [-0.2, 0) is 13.9 Å². The van der Waals surface area contributed by atoms with Crippen molar-refractivity contribution < 1.29 is 19.0 Å². The molecule has 0 amide bonds. The van der Waals surface area contributed by atoms with Crippen molar-refractivity contribution >= 4 is 8.32 Å². The van der Waals surface area contributed by atoms with E-state index < -0.39 is 44.1 Å². The number of nitrogens with zero attached hydrogens (tertiary/aromatic N) is 1. The maximum Gasteiger partial charge on any atom is 0.330 e. The second-order valence-corrected chi connectivity index (χ2v) is 12.6. The Labute approximate surface area is 147 Å². The quantitative estimate of drug-likeness (QED) is 0.742. The molecule has 4 atom stereocenters. The number of aromatic nitrogens is 2. The minimum absolute atomic E-state index is 0.0296. The van der Waals surface area contributed by atoms with Gasteiger partial charge in [0, 0.05) is 19.4 Å². The lowest BCUT2D eigenvalue weighted by Gasteiger charge is -2.40. The molecule has 0 saturated carbocycles. The summed E-state index contributed by atoms with van der Waals surface area (Å²) in [5, 5.41) is 9.71. The molecule has 2 N–H and O–H groups in total. The van der Waals surface area contributed by atoms with Crippen molar-refractivity contribution in [1.82, 2.24) is 9.55 Å². The summed E-state index contributed by atoms with van der Waals surface area (Å²) in [6.07, 6.45) is -1.15. The number of nitrogens with one attached hydrogen (secondary N) is 1. The molecule has 1 aromatic rings. The van der Waals surface area contributed by atoms with Crippen LogP contribution in [0.15, 0.2) is 21.9 Å². The van der Waals surface area contributed by atoms with Gasteiger partial charge in [-0.25, -0.2) is 4.79 Å². The molecule has 142 valence electrons. The van der Waals surface area contributed by atoms with Gasteiger partial charge in [-0.15, -0.1) is 0 Å². The van der Waals surface area contributed by atoms with E-state index in [1.54, 1.807) is 0 Å². The van der Waals surface area contributed by atoms with Crippen LogP contribution < -0.4 is 11.2 Å². The van der Waals surface area contributed by atoms with E-state index in [0.29, 0.717) is 0 Å². The van der Waals surface area contributed by atoms with Crippen LogP contribution in [0.1, 0.15) is 27.0 Å². The van der Waals surface area contributed by atoms with Gasteiger partial charge in [0.05, 0.1) is 6.61 Å². The van der Waals surface area contributed by atoms with E-state index >= 15 is 0 Å². The van der Waals surface area contributed by atoms with Crippen LogP contribution in [0.25, 0.3) is 0 Å². The zero-order chi connectivity index (χ0) is 19.0. The Morgan fingerprint density at radius 3 is 2.44 bits per heavy atom. The molecule has 0 radical (unpaired) electrons. The highest BCUT2D eigenvalue weighted by molar-refractivity contribution is 6.74. The van der Waals surface area contributed by atoms with Crippen LogP contribution in [0.2, 0.25) is 18.1 Å². The van der Waals surface area contributed by atoms with Gasteiger partial charge in [-0.1, -0.05) is 20.8 Å². The van der Waals surface area contributed by atoms with Gasteiger partial charge < -0.3 is 19.0 Å². The lowest BCUT2D eigenvalue weighted by Crippen LogP contribution is -2.50. The van der Waals surface area contributed by atoms with Crippen molar-refractivity contribution in [1.29, 1.82) is 0 Å². The van der Waals surface area contributed by atoms with Gasteiger partial charge in [0.15, 0.2) is 14.5 Å². The molecular weight excluding hydrogens is 344 g/mol. The lowest BCUT2D eigenvalue weighted by atomic mass is 10.1. The Hall–Kier alpha value is -1.26. The van der Waals surface area contributed by atoms with E-state index in [2.05, 4.69) is 38.8 Å². The average Bonchev–Trinajstić information content (AvgIpc) is 2.82. The fourth-order valence-electron chi connectivity index (χ4n) is 2.62. The van der Waals surface area contributed by atoms with Crippen molar-refractivity contribution in [2.75, 3.05) is 13.7 Å². The largest absolute Gasteiger partial charge is 0.408 e. The third-order valence-electron chi connectivity index (χ3n) is 5.10. The summed E-state index contributed by atoms with van der Waals surface area (Å²) >= 11 is 0. The molecule has 0 aromatic carbocycles. The zero-order valence-corrected chi connectivity index (χ0v) is 16.6. The zero-order valence-electron chi connectivity index (χ0n) is 15.6. The number of H-pyrrole nitrogens is 1. The summed E-state index contributed by atoms with van der Waals surface area (Å²) in [7, 11) is -0.642. The molecule has 1 aliphatic rings. The van der Waals surface area contributed by atoms with E-state index in [9.17, 15) is 14.7 Å². The summed E-state index contributed by atoms with van der Waals surface area (Å²) in [5.74, 6) is 0. The highest BCUT2D eigenvalue weighted by atomic mass is 28.4. The molecule has 1 saturated heterocycles. The van der Waals surface area contributed by atoms with Gasteiger partial charge in [0.2, 0.25) is 0 Å². The van der Waals surface area contributed by atoms with E-state index in [0.717, 1.165) is 0 Å². The van der Waals surface area contributed by atoms with Gasteiger partial charge in [-0.3, -0.25) is 14.3 Å². The number of aliphatic hydroxyl groups is 1. The summed E-state index contributed by atoms with van der Waals surface area (Å²) in [6, 6.07) is 1.24. The lowest BCUT2D eigenvalue weighted by molar-refractivity contribution is -0.0625. The molecule has 2 unspecified atom stereocenters. The Morgan fingerprint density at radius 2 is 1.96 bits per heavy atom. The maximum atomic E-state index is 12.1. The van der Waals surface area contributed by atoms with Crippen molar-refractivity contribution in [2.45, 2.75) is 63.4 Å². The SMILES string of the molecule is COC1C(O[Si](C)(C)C(C)(C)C)[C@H](CO)O[C@@H]1n1ccc(=O)[nH]c1=O. The fraction of sp³-hybridized carbons (Fsp3) is 0.750. The molecular formula is C16H28N2O6Si. The summed E-state index contributed by atoms with van der Waals surface area (Å²) in [6.45, 7) is 10.3. The van der Waals surface area contributed by atoms with Crippen molar-refractivity contribution in [3.63, 3.8) is 0 Å². The number of aromatic amines is 1. The highest BCUT2D eigenvalue weighted by Crippen LogP contribution is 2.41. The summed E-state index contributed by atoms with van der Waals surface area (Å²) in [5.41, 5.74) is -1.08. The number of ether oxygens (including phenoxy) is 2. The van der Waals surface area contributed by atoms with Gasteiger partial charge in [0.1, 0.15) is 18.3 Å². The van der Waals surface area contributed by atoms with Crippen LogP contribution in [0.4, 0.5) is 0 Å². The Bertz CT molecular complexity index is 708. The first-order chi connectivity index (χ1) is 11.5. The second kappa shape index (κ2) is 7.16. The van der Waals surface area contributed by atoms with Crippen LogP contribution in [-0.4, -0.2) is 55.0 Å². The van der Waals surface area contributed by atoms with Crippen molar-refractivity contribution in [3.05, 3.63) is 33.1 Å². The molecule has 2 rings (SSSR count). The number of rotatable bonds is 5. The van der Waals surface area contributed by atoms with Gasteiger partial charge in [-0.05, 0) is 18.1 Å². The number of aliphatic hydroxyl groups excluding tert-OH is 1. The Kier molecular flexibility index (Phi) is 5.74. The monoisotopic (exact) mass is 372 g/mol. The van der Waals surface area contributed by atoms with E-state index in [4.69, 9.17) is 13.9 Å². The normalized spacial score (nSPS) is 27.6. The van der Waals surface area contributed by atoms with E-state index in [1.165, 1.54) is 23.9 Å². The standard InChI is InChI=1S/C16H28N2O6Si/c1-16(2,3)25(5,6)24-12-10(9-19)23-14(13(12)22-4)18-8-7-11(20)17-15(18)21/h7-8,10,12-14,19H,9H2,1-6H3,(H,17,20,21)/t10-,12?,13?,14-/m0/s1. The van der Waals surface area contributed by atoms with Crippen molar-refractivity contribution in [2.24, 2.45) is 0 Å². The van der Waals surface area contributed by atoms with Crippen LogP contribution in [0, 0.1) is 0 Å². The molecule has 25 heavy (non-hydrogen) atoms. The number of methoxy groups -OCH3 is 1. The number of hydrogen-bond acceptors (Lipinski definition) is 6. The van der Waals surface area contributed by atoms with Crippen LogP contribution >= 0.6 is 0 Å². The molecule has 1 aromatic heterocycles. The highest BCUT2D eigenvalue weighted by Gasteiger charge is 2.51. The van der Waals surface area contributed by atoms with Gasteiger partial charge in [0.25, 0.3) is 5.56 Å². The molecule has 1 fully saturated rings. The number of hydrogen-bond donors (Lipinski definition) is 2. The minimum atomic E-state index is -2.16. The van der Waals surface area contributed by atoms with Gasteiger partial charge in [-0.2, -0.15) is 0 Å². The molecule has 2 heterocycles. The molecule has 9 heteroatoms. The summed E-state index contributed by atoms with van der Waals surface area (Å²) in [4.78, 5) is 25.6. The molecule has 0 aliphatic carbocycles. The van der Waals surface area contributed by atoms with E-state index in [-0.39, 0.29) is 11.6 Å². The molecule has 0 spiro atoms. The third kappa shape index (κ3) is 3.95. The minimum Gasteiger partial charge on any atom is -0.408 e. The smallest absolute Gasteiger partial charge is 0.330 e. The first-order valence-corrected chi connectivity index (χ1v) is 11.2. The first-order valence-electron chi connectivity index (χ1n) is 8.30. The maximum absolute atomic E-state index is 12.1. The predicted molar refractivity (Wildman–Crippen MR) is 95.2 cm³/mol. The van der Waals surface area contributed by atoms with Crippen LogP contribution in [0.5, 0.6) is 0 Å². The fourth-order valence-corrected chi connectivity index (χ4v) is 3.94. The molecule has 8 nitrogen and oxygen atoms in total. The predicted octanol–water partition coefficient (Wildman–Crippen LogP) is 0.832. The Morgan fingerprint density at radius 1 is 1.32 bits per heavy atom. The summed E-state index contributed by atoms with van der Waals surface area (Å²) < 4.78 is 19.1. The van der Waals surface area contributed by atoms with Crippen molar-refractivity contribution in [3.8, 4) is 0 Å². The Balaban J connectivity index is 2.38. The molecule has 1 aliphatic heterocycles. The average molecular weight is 372 g/mol. The van der Waals surface area contributed by atoms with Crippen LogP contribution in [0.3, 0.4) is 0 Å². The van der Waals surface area contributed by atoms with E-state index in [1.807, 2.05) is 0 Å². The van der Waals surface area contributed by atoms with Gasteiger partial charge >= 0.3 is 5.69 Å². The topological polar surface area (TPSA) is 103 Å². The first kappa shape index (κ1) is 20.1. The second-order valence-electron chi connectivity index (χ2n) is 7.81.